The summed E-state index contributed by atoms with van der Waals surface area (Å²) < 4.78 is 43.3. The van der Waals surface area contributed by atoms with Crippen LogP contribution in [0, 0.1) is 11.3 Å². The first-order chi connectivity index (χ1) is 18.5. The number of carbonyl (C=O) groups is 1. The molecule has 0 spiro atoms. The molecular formula is C29H30F3N5OS. The largest absolute Gasteiger partial charge is 0.435 e. The number of halogens is 3. The molecule has 1 amide bonds. The lowest BCUT2D eigenvalue weighted by Gasteiger charge is -2.33. The summed E-state index contributed by atoms with van der Waals surface area (Å²) in [6, 6.07) is 11.1. The van der Waals surface area contributed by atoms with Crippen molar-refractivity contribution in [1.82, 2.24) is 20.0 Å². The highest BCUT2D eigenvalue weighted by molar-refractivity contribution is 7.12. The molecule has 1 N–H and O–H groups in total. The Balaban J connectivity index is 1.53. The van der Waals surface area contributed by atoms with E-state index in [0.717, 1.165) is 23.3 Å². The molecular weight excluding hydrogens is 523 g/mol. The maximum atomic E-state index is 14.0. The number of aryl methyl sites for hydroxylation is 1. The Morgan fingerprint density at radius 2 is 2.05 bits per heavy atom. The molecule has 2 aromatic heterocycles. The van der Waals surface area contributed by atoms with E-state index in [-0.39, 0.29) is 23.1 Å². The van der Waals surface area contributed by atoms with Gasteiger partial charge in [0.1, 0.15) is 10.9 Å². The van der Waals surface area contributed by atoms with E-state index in [1.807, 2.05) is 18.2 Å². The highest BCUT2D eigenvalue weighted by atomic mass is 32.1. The van der Waals surface area contributed by atoms with Gasteiger partial charge in [-0.2, -0.15) is 23.5 Å². The third-order valence-corrected chi connectivity index (χ3v) is 8.52. The van der Waals surface area contributed by atoms with Crippen molar-refractivity contribution < 1.29 is 18.0 Å². The van der Waals surface area contributed by atoms with Crippen LogP contribution in [-0.4, -0.2) is 38.7 Å². The number of fused-ring (bicyclic) bond motifs is 1. The van der Waals surface area contributed by atoms with Gasteiger partial charge in [0.25, 0.3) is 0 Å². The Morgan fingerprint density at radius 1 is 1.28 bits per heavy atom. The second kappa shape index (κ2) is 10.3. The molecule has 0 saturated carbocycles. The summed E-state index contributed by atoms with van der Waals surface area (Å²) in [6.07, 6.45) is 2.27. The molecule has 4 heterocycles. The third kappa shape index (κ3) is 5.52. The molecule has 2 aliphatic rings. The lowest BCUT2D eigenvalue weighted by Crippen LogP contribution is -2.38. The normalized spacial score (nSPS) is 20.8. The first kappa shape index (κ1) is 27.2. The number of amides is 1. The number of rotatable bonds is 5. The number of nitrogens with one attached hydrogen (secondary N) is 1. The minimum absolute atomic E-state index is 0.00973. The topological polar surface area (TPSA) is 74.0 Å². The number of hydrogen-bond acceptors (Lipinski definition) is 5. The van der Waals surface area contributed by atoms with Crippen molar-refractivity contribution in [2.75, 3.05) is 6.54 Å². The van der Waals surface area contributed by atoms with Gasteiger partial charge >= 0.3 is 6.18 Å². The molecule has 2 atom stereocenters. The fourth-order valence-electron chi connectivity index (χ4n) is 5.55. The molecule has 0 radical (unpaired) electrons. The van der Waals surface area contributed by atoms with Crippen molar-refractivity contribution in [3.05, 3.63) is 75.3 Å². The van der Waals surface area contributed by atoms with Gasteiger partial charge in [0.2, 0.25) is 5.91 Å². The summed E-state index contributed by atoms with van der Waals surface area (Å²) in [5.74, 6) is -0.549. The van der Waals surface area contributed by atoms with Gasteiger partial charge in [-0.3, -0.25) is 9.48 Å². The predicted molar refractivity (Wildman–Crippen MR) is 144 cm³/mol. The van der Waals surface area contributed by atoms with Crippen molar-refractivity contribution in [2.24, 2.45) is 0 Å². The summed E-state index contributed by atoms with van der Waals surface area (Å²) >= 11 is 1.33. The lowest BCUT2D eigenvalue weighted by atomic mass is 9.83. The van der Waals surface area contributed by atoms with E-state index in [2.05, 4.69) is 30.3 Å². The van der Waals surface area contributed by atoms with Gasteiger partial charge in [0, 0.05) is 53.3 Å². The quantitative estimate of drug-likeness (QED) is 0.389. The Morgan fingerprint density at radius 3 is 2.72 bits per heavy atom. The highest BCUT2D eigenvalue weighted by Crippen LogP contribution is 2.44. The zero-order chi connectivity index (χ0) is 27.9. The number of hydrogen-bond donors (Lipinski definition) is 1. The van der Waals surface area contributed by atoms with Gasteiger partial charge in [-0.25, -0.2) is 0 Å². The second-order valence-electron chi connectivity index (χ2n) is 10.7. The number of nitrogens with zero attached hydrogens (tertiary/aromatic N) is 4. The van der Waals surface area contributed by atoms with E-state index in [1.54, 1.807) is 36.1 Å². The number of benzene rings is 1. The van der Waals surface area contributed by atoms with Crippen molar-refractivity contribution in [2.45, 2.75) is 70.4 Å². The van der Waals surface area contributed by atoms with Crippen LogP contribution in [0.3, 0.4) is 0 Å². The molecule has 39 heavy (non-hydrogen) atoms. The Labute approximate surface area is 229 Å². The lowest BCUT2D eigenvalue weighted by molar-refractivity contribution is -0.141. The smallest absolute Gasteiger partial charge is 0.333 e. The van der Waals surface area contributed by atoms with Crippen LogP contribution >= 0.6 is 11.3 Å². The molecule has 204 valence electrons. The maximum absolute atomic E-state index is 14.0. The number of carbonyl (C=O) groups excluding carboxylic acids is 1. The summed E-state index contributed by atoms with van der Waals surface area (Å²) in [5.41, 5.74) is 1.08. The van der Waals surface area contributed by atoms with Gasteiger partial charge in [-0.05, 0) is 56.4 Å². The van der Waals surface area contributed by atoms with E-state index in [4.69, 9.17) is 0 Å². The average Bonchev–Trinajstić information content (AvgIpc) is 3.62. The van der Waals surface area contributed by atoms with Crippen LogP contribution in [0.25, 0.3) is 11.1 Å². The van der Waals surface area contributed by atoms with Gasteiger partial charge in [0.05, 0.1) is 6.54 Å². The minimum Gasteiger partial charge on any atom is -0.333 e. The molecule has 1 aromatic carbocycles. The number of nitriles is 1. The molecule has 5 rings (SSSR count). The van der Waals surface area contributed by atoms with Crippen LogP contribution in [0.1, 0.15) is 66.1 Å². The summed E-state index contributed by atoms with van der Waals surface area (Å²) in [5, 5.41) is 16.9. The fraction of sp³-hybridized carbons (Fsp3) is 0.414. The molecule has 10 heteroatoms. The summed E-state index contributed by atoms with van der Waals surface area (Å²) in [7, 11) is 0. The molecule has 1 saturated heterocycles. The molecule has 1 fully saturated rings. The van der Waals surface area contributed by atoms with Crippen LogP contribution in [0.5, 0.6) is 0 Å². The Bertz CT molecular complexity index is 1460. The van der Waals surface area contributed by atoms with Crippen LogP contribution in [0.4, 0.5) is 13.2 Å². The van der Waals surface area contributed by atoms with E-state index < -0.39 is 17.8 Å². The number of alkyl halides is 3. The monoisotopic (exact) mass is 553 g/mol. The van der Waals surface area contributed by atoms with E-state index in [0.29, 0.717) is 35.6 Å². The van der Waals surface area contributed by atoms with E-state index in [1.165, 1.54) is 22.2 Å². The molecule has 0 aliphatic carbocycles. The average molecular weight is 554 g/mol. The minimum atomic E-state index is -4.62. The van der Waals surface area contributed by atoms with Crippen LogP contribution in [-0.2, 0) is 24.1 Å². The Hall–Kier alpha value is -3.42. The van der Waals surface area contributed by atoms with E-state index in [9.17, 15) is 23.2 Å². The van der Waals surface area contributed by atoms with Gasteiger partial charge in [-0.15, -0.1) is 11.3 Å². The van der Waals surface area contributed by atoms with E-state index >= 15 is 0 Å². The number of thiophene rings is 1. The molecule has 6 nitrogen and oxygen atoms in total. The third-order valence-electron chi connectivity index (χ3n) is 7.48. The van der Waals surface area contributed by atoms with Gasteiger partial charge < -0.3 is 10.2 Å². The highest BCUT2D eigenvalue weighted by Gasteiger charge is 2.39. The van der Waals surface area contributed by atoms with Gasteiger partial charge in [-0.1, -0.05) is 30.3 Å². The molecule has 0 bridgehead atoms. The van der Waals surface area contributed by atoms with Crippen LogP contribution in [0.2, 0.25) is 0 Å². The predicted octanol–water partition coefficient (Wildman–Crippen LogP) is 6.08. The first-order valence-electron chi connectivity index (χ1n) is 13.0. The zero-order valence-corrected chi connectivity index (χ0v) is 22.9. The van der Waals surface area contributed by atoms with Crippen molar-refractivity contribution in [3.8, 4) is 17.2 Å². The zero-order valence-electron chi connectivity index (χ0n) is 22.0. The van der Waals surface area contributed by atoms with Crippen molar-refractivity contribution in [3.63, 3.8) is 0 Å². The molecule has 2 aliphatic heterocycles. The van der Waals surface area contributed by atoms with Crippen LogP contribution < -0.4 is 5.32 Å². The van der Waals surface area contributed by atoms with Gasteiger partial charge in [0.15, 0.2) is 5.69 Å². The molecule has 3 aromatic rings. The molecule has 0 unspecified atom stereocenters. The maximum Gasteiger partial charge on any atom is 0.435 e. The summed E-state index contributed by atoms with van der Waals surface area (Å²) in [4.78, 5) is 16.5. The fourth-order valence-corrected chi connectivity index (χ4v) is 6.59. The standard InChI is InChI=1S/C29H30F3N5OS/c1-4-37-16-24(27(35-37)29(30,31)32)21-8-6-5-7-20(21)23-15-36(17-25-22(23)13-19(14-33)39-25)26(38)10-9-18-11-12-28(2,3)34-18/h5-10,13,16,18,23,34H,4,11-12,15,17H2,1-3H3/b10-9+/t18-,23+/m1/s1. The first-order valence-corrected chi connectivity index (χ1v) is 13.8. The Kier molecular flexibility index (Phi) is 7.16. The SMILES string of the molecule is CCn1cc(-c2ccccc2[C@@H]2CN(C(=O)/C=C/[C@@H]3CCC(C)(C)N3)Cc3sc(C#N)cc32)c(C(F)(F)F)n1. The number of aromatic nitrogens is 2. The van der Waals surface area contributed by atoms with Crippen molar-refractivity contribution in [1.29, 1.82) is 5.26 Å². The second-order valence-corrected chi connectivity index (χ2v) is 11.9. The van der Waals surface area contributed by atoms with Crippen LogP contribution in [0.15, 0.2) is 48.7 Å². The summed E-state index contributed by atoms with van der Waals surface area (Å²) in [6.45, 7) is 6.96. The van der Waals surface area contributed by atoms with Crippen molar-refractivity contribution >= 4 is 17.2 Å².